The molecule has 1 aliphatic heterocycles. The summed E-state index contributed by atoms with van der Waals surface area (Å²) < 4.78 is 17.5. The molecule has 1 aromatic rings. The Balaban J connectivity index is 1.77. The van der Waals surface area contributed by atoms with E-state index in [-0.39, 0.29) is 17.8 Å². The Morgan fingerprint density at radius 3 is 2.65 bits per heavy atom. The second kappa shape index (κ2) is 8.31. The molecule has 0 unspecified atom stereocenters. The molecular formula is C17H21FN2O3. The number of halogens is 1. The summed E-state index contributed by atoms with van der Waals surface area (Å²) in [6, 6.07) is 6.25. The van der Waals surface area contributed by atoms with E-state index in [1.807, 2.05) is 6.08 Å². The zero-order valence-corrected chi connectivity index (χ0v) is 13.2. The van der Waals surface area contributed by atoms with E-state index in [0.717, 1.165) is 17.6 Å². The third-order valence-corrected chi connectivity index (χ3v) is 3.77. The quantitative estimate of drug-likeness (QED) is 0.670. The van der Waals surface area contributed by atoms with Crippen molar-refractivity contribution in [3.8, 4) is 0 Å². The summed E-state index contributed by atoms with van der Waals surface area (Å²) in [6.45, 7) is 1.58. The van der Waals surface area contributed by atoms with Crippen molar-refractivity contribution in [2.45, 2.75) is 19.3 Å². The molecule has 5 nitrogen and oxygen atoms in total. The molecule has 124 valence electrons. The molecule has 2 amide bonds. The molecule has 23 heavy (non-hydrogen) atoms. The minimum absolute atomic E-state index is 0.135. The first-order valence-corrected chi connectivity index (χ1v) is 7.64. The average molecular weight is 320 g/mol. The van der Waals surface area contributed by atoms with Gasteiger partial charge in [0, 0.05) is 26.1 Å². The number of carbonyl (C=O) groups excluding carboxylic acids is 2. The lowest BCUT2D eigenvalue weighted by molar-refractivity contribution is -0.140. The van der Waals surface area contributed by atoms with E-state index < -0.39 is 0 Å². The predicted octanol–water partition coefficient (Wildman–Crippen LogP) is 2.58. The zero-order valence-electron chi connectivity index (χ0n) is 13.2. The van der Waals surface area contributed by atoms with E-state index in [1.54, 1.807) is 17.0 Å². The van der Waals surface area contributed by atoms with Crippen molar-refractivity contribution in [3.63, 3.8) is 0 Å². The Bertz CT molecular complexity index is 584. The maximum Gasteiger partial charge on any atom is 0.317 e. The van der Waals surface area contributed by atoms with Gasteiger partial charge in [-0.2, -0.15) is 0 Å². The van der Waals surface area contributed by atoms with Crippen LogP contribution in [0.5, 0.6) is 0 Å². The highest BCUT2D eigenvalue weighted by Crippen LogP contribution is 2.22. The normalized spacial score (nSPS) is 14.2. The van der Waals surface area contributed by atoms with Crippen LogP contribution in [0.25, 0.3) is 5.57 Å². The standard InChI is InChI=1S/C17H21FN2O3/c1-23-16(21)3-2-10-19-17(22)20-11-8-14(9-12-20)13-4-6-15(18)7-5-13/h4-8H,2-3,9-12H2,1H3,(H,19,22). The van der Waals surface area contributed by atoms with Gasteiger partial charge in [0.05, 0.1) is 7.11 Å². The summed E-state index contributed by atoms with van der Waals surface area (Å²) >= 11 is 0. The predicted molar refractivity (Wildman–Crippen MR) is 85.2 cm³/mol. The van der Waals surface area contributed by atoms with Gasteiger partial charge >= 0.3 is 12.0 Å². The van der Waals surface area contributed by atoms with Crippen LogP contribution in [0, 0.1) is 5.82 Å². The number of amides is 2. The zero-order chi connectivity index (χ0) is 16.7. The minimum atomic E-state index is -0.274. The number of nitrogens with one attached hydrogen (secondary N) is 1. The van der Waals surface area contributed by atoms with Gasteiger partial charge in [0.15, 0.2) is 0 Å². The third kappa shape index (κ3) is 5.09. The van der Waals surface area contributed by atoms with Gasteiger partial charge in [-0.05, 0) is 36.1 Å². The van der Waals surface area contributed by atoms with E-state index in [1.165, 1.54) is 19.2 Å². The van der Waals surface area contributed by atoms with E-state index in [2.05, 4.69) is 10.1 Å². The van der Waals surface area contributed by atoms with Crippen molar-refractivity contribution in [2.75, 3.05) is 26.7 Å². The van der Waals surface area contributed by atoms with Crippen LogP contribution >= 0.6 is 0 Å². The summed E-state index contributed by atoms with van der Waals surface area (Å²) in [6.07, 6.45) is 3.58. The molecule has 0 saturated heterocycles. The van der Waals surface area contributed by atoms with Crippen molar-refractivity contribution < 1.29 is 18.7 Å². The molecule has 0 aromatic heterocycles. The van der Waals surface area contributed by atoms with E-state index in [4.69, 9.17) is 0 Å². The number of urea groups is 1. The molecule has 0 radical (unpaired) electrons. The molecule has 1 aliphatic rings. The lowest BCUT2D eigenvalue weighted by Crippen LogP contribution is -2.42. The molecule has 1 heterocycles. The fourth-order valence-corrected chi connectivity index (χ4v) is 2.42. The Morgan fingerprint density at radius 2 is 2.04 bits per heavy atom. The van der Waals surface area contributed by atoms with Gasteiger partial charge < -0.3 is 15.0 Å². The van der Waals surface area contributed by atoms with Gasteiger partial charge in [-0.1, -0.05) is 18.2 Å². The highest BCUT2D eigenvalue weighted by Gasteiger charge is 2.17. The fraction of sp³-hybridized carbons (Fsp3) is 0.412. The average Bonchev–Trinajstić information content (AvgIpc) is 2.59. The van der Waals surface area contributed by atoms with Crippen LogP contribution in [-0.4, -0.2) is 43.6 Å². The monoisotopic (exact) mass is 320 g/mol. The van der Waals surface area contributed by atoms with Crippen LogP contribution in [0.4, 0.5) is 9.18 Å². The number of rotatable bonds is 5. The van der Waals surface area contributed by atoms with Crippen molar-refractivity contribution in [1.82, 2.24) is 10.2 Å². The van der Waals surface area contributed by atoms with Crippen molar-refractivity contribution in [2.24, 2.45) is 0 Å². The third-order valence-electron chi connectivity index (χ3n) is 3.77. The van der Waals surface area contributed by atoms with Gasteiger partial charge in [0.25, 0.3) is 0 Å². The number of methoxy groups -OCH3 is 1. The molecule has 2 rings (SSSR count). The number of nitrogens with zero attached hydrogens (tertiary/aromatic N) is 1. The molecule has 1 N–H and O–H groups in total. The van der Waals surface area contributed by atoms with Crippen molar-refractivity contribution in [1.29, 1.82) is 0 Å². The van der Waals surface area contributed by atoms with Gasteiger partial charge in [-0.25, -0.2) is 9.18 Å². The summed E-state index contributed by atoms with van der Waals surface area (Å²) in [5.41, 5.74) is 2.12. The molecule has 1 aromatic carbocycles. The number of esters is 1. The van der Waals surface area contributed by atoms with Crippen LogP contribution in [0.15, 0.2) is 30.3 Å². The molecular weight excluding hydrogens is 299 g/mol. The maximum atomic E-state index is 12.9. The van der Waals surface area contributed by atoms with Crippen LogP contribution in [0.3, 0.4) is 0 Å². The maximum absolute atomic E-state index is 12.9. The number of carbonyl (C=O) groups is 2. The molecule has 0 atom stereocenters. The molecule has 0 aliphatic carbocycles. The largest absolute Gasteiger partial charge is 0.469 e. The van der Waals surface area contributed by atoms with Crippen molar-refractivity contribution in [3.05, 3.63) is 41.7 Å². The van der Waals surface area contributed by atoms with Crippen LogP contribution in [0.2, 0.25) is 0 Å². The smallest absolute Gasteiger partial charge is 0.317 e. The van der Waals surface area contributed by atoms with Gasteiger partial charge in [-0.15, -0.1) is 0 Å². The first kappa shape index (κ1) is 17.0. The Kier molecular flexibility index (Phi) is 6.14. The lowest BCUT2D eigenvalue weighted by atomic mass is 10.00. The highest BCUT2D eigenvalue weighted by molar-refractivity contribution is 5.76. The van der Waals surface area contributed by atoms with Gasteiger partial charge in [-0.3, -0.25) is 4.79 Å². The van der Waals surface area contributed by atoms with Crippen LogP contribution in [0.1, 0.15) is 24.8 Å². The second-order valence-electron chi connectivity index (χ2n) is 5.34. The molecule has 0 saturated carbocycles. The minimum Gasteiger partial charge on any atom is -0.469 e. The molecule has 0 fully saturated rings. The topological polar surface area (TPSA) is 58.6 Å². The molecule has 0 spiro atoms. The SMILES string of the molecule is COC(=O)CCCNC(=O)N1CC=C(c2ccc(F)cc2)CC1. The lowest BCUT2D eigenvalue weighted by Gasteiger charge is -2.27. The van der Waals surface area contributed by atoms with Gasteiger partial charge in [0.2, 0.25) is 0 Å². The Hall–Kier alpha value is -2.37. The number of benzene rings is 1. The van der Waals surface area contributed by atoms with E-state index >= 15 is 0 Å². The number of hydrogen-bond donors (Lipinski definition) is 1. The van der Waals surface area contributed by atoms with Crippen LogP contribution < -0.4 is 5.32 Å². The summed E-state index contributed by atoms with van der Waals surface area (Å²) in [7, 11) is 1.35. The summed E-state index contributed by atoms with van der Waals surface area (Å²) in [5, 5.41) is 2.79. The first-order valence-electron chi connectivity index (χ1n) is 7.64. The number of hydrogen-bond acceptors (Lipinski definition) is 3. The Labute approximate surface area is 135 Å². The molecule has 0 bridgehead atoms. The summed E-state index contributed by atoms with van der Waals surface area (Å²) in [5.74, 6) is -0.526. The van der Waals surface area contributed by atoms with Gasteiger partial charge in [0.1, 0.15) is 5.82 Å². The Morgan fingerprint density at radius 1 is 1.30 bits per heavy atom. The fourth-order valence-electron chi connectivity index (χ4n) is 2.42. The van der Waals surface area contributed by atoms with E-state index in [9.17, 15) is 14.0 Å². The van der Waals surface area contributed by atoms with E-state index in [0.29, 0.717) is 32.5 Å². The molecule has 6 heteroatoms. The van der Waals surface area contributed by atoms with Crippen molar-refractivity contribution >= 4 is 17.6 Å². The number of ether oxygens (including phenoxy) is 1. The highest BCUT2D eigenvalue weighted by atomic mass is 19.1. The second-order valence-corrected chi connectivity index (χ2v) is 5.34. The first-order chi connectivity index (χ1) is 11.1. The summed E-state index contributed by atoms with van der Waals surface area (Å²) in [4.78, 5) is 24.7. The van der Waals surface area contributed by atoms with Crippen LogP contribution in [-0.2, 0) is 9.53 Å².